The summed E-state index contributed by atoms with van der Waals surface area (Å²) in [5, 5.41) is 8.66. The second kappa shape index (κ2) is 5.52. The largest absolute Gasteiger partial charge is 0.271 e. The molecule has 1 atom stereocenters. The average molecular weight is 329 g/mol. The molecule has 0 saturated carbocycles. The SMILES string of the molecule is Cc1cscc1C(NN)c1c(Br)cnn1C(C)C. The van der Waals surface area contributed by atoms with Crippen molar-refractivity contribution in [3.63, 3.8) is 0 Å². The van der Waals surface area contributed by atoms with Crippen molar-refractivity contribution in [1.82, 2.24) is 15.2 Å². The zero-order chi connectivity index (χ0) is 13.3. The topological polar surface area (TPSA) is 55.9 Å². The summed E-state index contributed by atoms with van der Waals surface area (Å²) in [4.78, 5) is 0. The van der Waals surface area contributed by atoms with Crippen LogP contribution in [-0.2, 0) is 0 Å². The summed E-state index contributed by atoms with van der Waals surface area (Å²) in [6, 6.07) is 0.247. The Hall–Kier alpha value is -0.690. The highest BCUT2D eigenvalue weighted by atomic mass is 79.9. The van der Waals surface area contributed by atoms with E-state index >= 15 is 0 Å². The van der Waals surface area contributed by atoms with Gasteiger partial charge in [-0.1, -0.05) is 0 Å². The molecule has 0 aliphatic rings. The Morgan fingerprint density at radius 3 is 2.67 bits per heavy atom. The molecular formula is C12H17BrN4S. The highest BCUT2D eigenvalue weighted by molar-refractivity contribution is 9.10. The molecule has 2 rings (SSSR count). The Labute approximate surface area is 119 Å². The minimum atomic E-state index is -0.0458. The van der Waals surface area contributed by atoms with Crippen LogP contribution in [0.15, 0.2) is 21.4 Å². The maximum atomic E-state index is 5.75. The maximum Gasteiger partial charge on any atom is 0.0900 e. The van der Waals surface area contributed by atoms with Crippen molar-refractivity contribution in [1.29, 1.82) is 0 Å². The molecule has 2 aromatic heterocycles. The van der Waals surface area contributed by atoms with Crippen molar-refractivity contribution >= 4 is 27.3 Å². The smallest absolute Gasteiger partial charge is 0.0900 e. The normalized spacial score (nSPS) is 13.2. The predicted octanol–water partition coefficient (Wildman–Crippen LogP) is 3.15. The summed E-state index contributed by atoms with van der Waals surface area (Å²) in [6.07, 6.45) is 1.82. The lowest BCUT2D eigenvalue weighted by Gasteiger charge is -2.20. The number of nitrogens with one attached hydrogen (secondary N) is 1. The van der Waals surface area contributed by atoms with Crippen LogP contribution in [0.2, 0.25) is 0 Å². The van der Waals surface area contributed by atoms with Crippen molar-refractivity contribution < 1.29 is 0 Å². The van der Waals surface area contributed by atoms with Crippen molar-refractivity contribution in [2.45, 2.75) is 32.9 Å². The lowest BCUT2D eigenvalue weighted by molar-refractivity contribution is 0.475. The lowest BCUT2D eigenvalue weighted by atomic mass is 10.0. The molecule has 0 aliphatic heterocycles. The maximum absolute atomic E-state index is 5.75. The monoisotopic (exact) mass is 328 g/mol. The van der Waals surface area contributed by atoms with Gasteiger partial charge < -0.3 is 0 Å². The minimum Gasteiger partial charge on any atom is -0.271 e. The van der Waals surface area contributed by atoms with Gasteiger partial charge in [0.1, 0.15) is 0 Å². The number of hydrazine groups is 1. The molecule has 18 heavy (non-hydrogen) atoms. The first-order valence-electron chi connectivity index (χ1n) is 5.78. The first kappa shape index (κ1) is 13.7. The molecule has 3 N–H and O–H groups in total. The quantitative estimate of drug-likeness (QED) is 0.669. The van der Waals surface area contributed by atoms with Crippen LogP contribution >= 0.6 is 27.3 Å². The second-order valence-corrected chi connectivity index (χ2v) is 6.12. The zero-order valence-corrected chi connectivity index (χ0v) is 13.0. The molecule has 0 aliphatic carbocycles. The minimum absolute atomic E-state index is 0.0458. The van der Waals surface area contributed by atoms with Gasteiger partial charge in [0.15, 0.2) is 0 Å². The molecule has 1 unspecified atom stereocenters. The Morgan fingerprint density at radius 1 is 1.44 bits per heavy atom. The third-order valence-electron chi connectivity index (χ3n) is 2.92. The number of aromatic nitrogens is 2. The van der Waals surface area contributed by atoms with Crippen molar-refractivity contribution in [2.24, 2.45) is 5.84 Å². The van der Waals surface area contributed by atoms with Gasteiger partial charge in [-0.25, -0.2) is 5.43 Å². The van der Waals surface area contributed by atoms with E-state index < -0.39 is 0 Å². The first-order valence-corrected chi connectivity index (χ1v) is 7.51. The first-order chi connectivity index (χ1) is 8.56. The van der Waals surface area contributed by atoms with Crippen LogP contribution in [0, 0.1) is 6.92 Å². The molecular weight excluding hydrogens is 312 g/mol. The van der Waals surface area contributed by atoms with Crippen LogP contribution in [0.25, 0.3) is 0 Å². The standard InChI is InChI=1S/C12H17BrN4S/c1-7(2)17-12(10(13)4-15-17)11(16-14)9-6-18-5-8(9)3/h4-7,11,16H,14H2,1-3H3. The summed E-state index contributed by atoms with van der Waals surface area (Å²) in [5.41, 5.74) is 6.41. The van der Waals surface area contributed by atoms with E-state index in [4.69, 9.17) is 5.84 Å². The van der Waals surface area contributed by atoms with Crippen molar-refractivity contribution in [3.05, 3.63) is 38.3 Å². The number of rotatable bonds is 4. The molecule has 0 aromatic carbocycles. The van der Waals surface area contributed by atoms with E-state index in [2.05, 4.69) is 58.0 Å². The van der Waals surface area contributed by atoms with Gasteiger partial charge in [-0.3, -0.25) is 10.5 Å². The third kappa shape index (κ3) is 2.38. The Bertz CT molecular complexity index is 532. The van der Waals surface area contributed by atoms with Crippen molar-refractivity contribution in [2.75, 3.05) is 0 Å². The van der Waals surface area contributed by atoms with Gasteiger partial charge in [0.2, 0.25) is 0 Å². The van der Waals surface area contributed by atoms with Gasteiger partial charge in [-0.05, 0) is 58.6 Å². The molecule has 6 heteroatoms. The van der Waals surface area contributed by atoms with Gasteiger partial charge in [-0.15, -0.1) is 0 Å². The van der Waals surface area contributed by atoms with E-state index in [1.807, 2.05) is 10.9 Å². The number of nitrogens with two attached hydrogens (primary N) is 1. The number of thiophene rings is 1. The molecule has 2 heterocycles. The fraction of sp³-hybridized carbons (Fsp3) is 0.417. The average Bonchev–Trinajstić information content (AvgIpc) is 2.89. The van der Waals surface area contributed by atoms with E-state index in [-0.39, 0.29) is 6.04 Å². The van der Waals surface area contributed by atoms with E-state index in [0.29, 0.717) is 6.04 Å². The molecule has 0 amide bonds. The number of hydrogen-bond donors (Lipinski definition) is 2. The van der Waals surface area contributed by atoms with Gasteiger partial charge in [-0.2, -0.15) is 16.4 Å². The van der Waals surface area contributed by atoms with Gasteiger partial charge in [0.05, 0.1) is 22.4 Å². The summed E-state index contributed by atoms with van der Waals surface area (Å²) >= 11 is 5.25. The molecule has 2 aromatic rings. The Balaban J connectivity index is 2.52. The van der Waals surface area contributed by atoms with E-state index in [0.717, 1.165) is 10.2 Å². The van der Waals surface area contributed by atoms with Crippen LogP contribution in [0.5, 0.6) is 0 Å². The van der Waals surface area contributed by atoms with Crippen molar-refractivity contribution in [3.8, 4) is 0 Å². The molecule has 0 fully saturated rings. The van der Waals surface area contributed by atoms with E-state index in [9.17, 15) is 0 Å². The summed E-state index contributed by atoms with van der Waals surface area (Å²) in [6.45, 7) is 6.31. The highest BCUT2D eigenvalue weighted by Crippen LogP contribution is 2.32. The molecule has 4 nitrogen and oxygen atoms in total. The fourth-order valence-corrected chi connectivity index (χ4v) is 3.39. The lowest BCUT2D eigenvalue weighted by Crippen LogP contribution is -2.31. The Morgan fingerprint density at radius 2 is 2.17 bits per heavy atom. The summed E-state index contributed by atoms with van der Waals surface area (Å²) < 4.78 is 2.97. The van der Waals surface area contributed by atoms with Gasteiger partial charge in [0.25, 0.3) is 0 Å². The van der Waals surface area contributed by atoms with Crippen LogP contribution in [0.4, 0.5) is 0 Å². The molecule has 0 bridgehead atoms. The molecule has 0 radical (unpaired) electrons. The molecule has 0 spiro atoms. The number of nitrogens with zero attached hydrogens (tertiary/aromatic N) is 2. The predicted molar refractivity (Wildman–Crippen MR) is 78.5 cm³/mol. The summed E-state index contributed by atoms with van der Waals surface area (Å²) in [7, 11) is 0. The highest BCUT2D eigenvalue weighted by Gasteiger charge is 2.23. The van der Waals surface area contributed by atoms with Crippen LogP contribution < -0.4 is 11.3 Å². The van der Waals surface area contributed by atoms with Crippen LogP contribution in [0.1, 0.15) is 42.8 Å². The molecule has 98 valence electrons. The zero-order valence-electron chi connectivity index (χ0n) is 10.6. The third-order valence-corrected chi connectivity index (χ3v) is 4.41. The van der Waals surface area contributed by atoms with E-state index in [1.54, 1.807) is 11.3 Å². The number of hydrogen-bond acceptors (Lipinski definition) is 4. The van der Waals surface area contributed by atoms with Crippen LogP contribution in [0.3, 0.4) is 0 Å². The second-order valence-electron chi connectivity index (χ2n) is 4.53. The summed E-state index contributed by atoms with van der Waals surface area (Å²) in [5.74, 6) is 5.75. The molecule has 0 saturated heterocycles. The van der Waals surface area contributed by atoms with E-state index in [1.165, 1.54) is 11.1 Å². The number of halogens is 1. The van der Waals surface area contributed by atoms with Gasteiger partial charge in [0, 0.05) is 6.04 Å². The van der Waals surface area contributed by atoms with Gasteiger partial charge >= 0.3 is 0 Å². The number of aryl methyl sites for hydroxylation is 1. The Kier molecular flexibility index (Phi) is 4.21. The van der Waals surface area contributed by atoms with Crippen LogP contribution in [-0.4, -0.2) is 9.78 Å². The fourth-order valence-electron chi connectivity index (χ4n) is 2.01.